The fourth-order valence-electron chi connectivity index (χ4n) is 2.31. The van der Waals surface area contributed by atoms with Crippen LogP contribution in [-0.4, -0.2) is 0 Å². The first-order chi connectivity index (χ1) is 9.30. The normalized spacial score (nSPS) is 9.89. The first kappa shape index (κ1) is 13.1. The summed E-state index contributed by atoms with van der Waals surface area (Å²) in [6.07, 6.45) is 6.56. The average molecular weight is 246 g/mol. The van der Waals surface area contributed by atoms with Gasteiger partial charge in [-0.3, -0.25) is 0 Å². The second kappa shape index (κ2) is 6.01. The molecule has 2 aromatic rings. The molecule has 0 spiro atoms. The Labute approximate surface area is 115 Å². The third-order valence-corrected chi connectivity index (χ3v) is 3.29. The van der Waals surface area contributed by atoms with Gasteiger partial charge in [-0.05, 0) is 34.2 Å². The summed E-state index contributed by atoms with van der Waals surface area (Å²) in [6, 6.07) is 14.6. The van der Waals surface area contributed by atoms with Gasteiger partial charge in [0.2, 0.25) is 0 Å². The first-order valence-electron chi connectivity index (χ1n) is 6.37. The van der Waals surface area contributed by atoms with Gasteiger partial charge in [-0.2, -0.15) is 0 Å². The Morgan fingerprint density at radius 3 is 1.95 bits per heavy atom. The Morgan fingerprint density at radius 1 is 0.737 bits per heavy atom. The Hall–Kier alpha value is -2.34. The standard InChI is InChI=1S/C19H18/c1-4-16-12-13-17(5-2)19(18(16)6-3)14-15-10-8-7-9-11-15/h4-13H,1-3,14H2. The van der Waals surface area contributed by atoms with Crippen molar-refractivity contribution in [3.05, 3.63) is 90.0 Å². The van der Waals surface area contributed by atoms with E-state index in [0.29, 0.717) is 0 Å². The summed E-state index contributed by atoms with van der Waals surface area (Å²) in [5.41, 5.74) is 5.97. The van der Waals surface area contributed by atoms with Crippen molar-refractivity contribution in [3.63, 3.8) is 0 Å². The highest BCUT2D eigenvalue weighted by atomic mass is 14.1. The fourth-order valence-corrected chi connectivity index (χ4v) is 2.31. The molecule has 0 aliphatic carbocycles. The zero-order chi connectivity index (χ0) is 13.7. The van der Waals surface area contributed by atoms with E-state index in [1.165, 1.54) is 11.1 Å². The molecule has 0 bridgehead atoms. The van der Waals surface area contributed by atoms with E-state index in [2.05, 4.69) is 56.1 Å². The zero-order valence-corrected chi connectivity index (χ0v) is 11.1. The van der Waals surface area contributed by atoms with Crippen molar-refractivity contribution < 1.29 is 0 Å². The minimum absolute atomic E-state index is 0.880. The second-order valence-electron chi connectivity index (χ2n) is 4.41. The van der Waals surface area contributed by atoms with E-state index in [1.54, 1.807) is 0 Å². The van der Waals surface area contributed by atoms with E-state index < -0.39 is 0 Å². The number of rotatable bonds is 5. The van der Waals surface area contributed by atoms with Crippen LogP contribution in [0.15, 0.2) is 62.2 Å². The third kappa shape index (κ3) is 2.74. The summed E-state index contributed by atoms with van der Waals surface area (Å²) in [5.74, 6) is 0. The Kier molecular flexibility index (Phi) is 4.15. The maximum atomic E-state index is 3.94. The molecular weight excluding hydrogens is 228 g/mol. The van der Waals surface area contributed by atoms with Gasteiger partial charge in [0.15, 0.2) is 0 Å². The molecular formula is C19H18. The van der Waals surface area contributed by atoms with Crippen molar-refractivity contribution in [1.29, 1.82) is 0 Å². The number of benzene rings is 2. The maximum Gasteiger partial charge on any atom is -0.00137 e. The molecule has 94 valence electrons. The van der Waals surface area contributed by atoms with Crippen molar-refractivity contribution >= 4 is 18.2 Å². The van der Waals surface area contributed by atoms with Crippen LogP contribution in [0.3, 0.4) is 0 Å². The highest BCUT2D eigenvalue weighted by Crippen LogP contribution is 2.25. The molecule has 2 rings (SSSR count). The molecule has 0 saturated carbocycles. The molecule has 0 radical (unpaired) electrons. The molecule has 0 heteroatoms. The van der Waals surface area contributed by atoms with Gasteiger partial charge < -0.3 is 0 Å². The van der Waals surface area contributed by atoms with Gasteiger partial charge in [0.25, 0.3) is 0 Å². The van der Waals surface area contributed by atoms with Crippen molar-refractivity contribution in [2.75, 3.05) is 0 Å². The molecule has 0 fully saturated rings. The lowest BCUT2D eigenvalue weighted by atomic mass is 9.91. The number of hydrogen-bond acceptors (Lipinski definition) is 0. The molecule has 0 N–H and O–H groups in total. The van der Waals surface area contributed by atoms with E-state index in [1.807, 2.05) is 24.3 Å². The van der Waals surface area contributed by atoms with Gasteiger partial charge in [0, 0.05) is 0 Å². The van der Waals surface area contributed by atoms with Crippen LogP contribution in [-0.2, 0) is 6.42 Å². The molecule has 0 aromatic heterocycles. The summed E-state index contributed by atoms with van der Waals surface area (Å²) < 4.78 is 0. The Bertz CT molecular complexity index is 603. The molecule has 0 aliphatic heterocycles. The maximum absolute atomic E-state index is 3.94. The topological polar surface area (TPSA) is 0 Å². The van der Waals surface area contributed by atoms with Gasteiger partial charge in [0.05, 0.1) is 0 Å². The molecule has 2 aromatic carbocycles. The van der Waals surface area contributed by atoms with Crippen LogP contribution in [0.25, 0.3) is 18.2 Å². The summed E-state index contributed by atoms with van der Waals surface area (Å²) in [6.45, 7) is 11.7. The molecule has 19 heavy (non-hydrogen) atoms. The molecule has 0 heterocycles. The largest absolute Gasteiger partial charge is 0.0985 e. The second-order valence-corrected chi connectivity index (χ2v) is 4.41. The predicted octanol–water partition coefficient (Wildman–Crippen LogP) is 5.21. The van der Waals surface area contributed by atoms with Gasteiger partial charge in [-0.15, -0.1) is 0 Å². The van der Waals surface area contributed by atoms with E-state index in [4.69, 9.17) is 0 Å². The highest BCUT2D eigenvalue weighted by Gasteiger charge is 2.08. The lowest BCUT2D eigenvalue weighted by Crippen LogP contribution is -1.98. The van der Waals surface area contributed by atoms with Crippen molar-refractivity contribution in [1.82, 2.24) is 0 Å². The van der Waals surface area contributed by atoms with Crippen molar-refractivity contribution in [2.45, 2.75) is 6.42 Å². The smallest absolute Gasteiger partial charge is 0.00137 e. The predicted molar refractivity (Wildman–Crippen MR) is 86.0 cm³/mol. The monoisotopic (exact) mass is 246 g/mol. The van der Waals surface area contributed by atoms with E-state index >= 15 is 0 Å². The SMILES string of the molecule is C=Cc1ccc(C=C)c(Cc2ccccc2)c1C=C. The van der Waals surface area contributed by atoms with Crippen LogP contribution in [0.5, 0.6) is 0 Å². The number of hydrogen-bond donors (Lipinski definition) is 0. The highest BCUT2D eigenvalue weighted by molar-refractivity contribution is 5.72. The van der Waals surface area contributed by atoms with E-state index in [-0.39, 0.29) is 0 Å². The van der Waals surface area contributed by atoms with Crippen LogP contribution in [0.4, 0.5) is 0 Å². The van der Waals surface area contributed by atoms with Crippen molar-refractivity contribution in [3.8, 4) is 0 Å². The van der Waals surface area contributed by atoms with Crippen LogP contribution in [0, 0.1) is 0 Å². The zero-order valence-electron chi connectivity index (χ0n) is 11.1. The van der Waals surface area contributed by atoms with E-state index in [0.717, 1.165) is 23.1 Å². The molecule has 0 saturated heterocycles. The van der Waals surface area contributed by atoms with Crippen LogP contribution in [0.1, 0.15) is 27.8 Å². The minimum Gasteiger partial charge on any atom is -0.0985 e. The Balaban J connectivity index is 2.56. The quantitative estimate of drug-likeness (QED) is 0.679. The molecule has 0 amide bonds. The first-order valence-corrected chi connectivity index (χ1v) is 6.37. The Morgan fingerprint density at radius 2 is 1.37 bits per heavy atom. The summed E-state index contributed by atoms with van der Waals surface area (Å²) in [7, 11) is 0. The molecule has 0 aliphatic rings. The molecule has 0 nitrogen and oxygen atoms in total. The summed E-state index contributed by atoms with van der Waals surface area (Å²) in [5, 5.41) is 0. The van der Waals surface area contributed by atoms with Crippen LogP contribution >= 0.6 is 0 Å². The van der Waals surface area contributed by atoms with Crippen LogP contribution < -0.4 is 0 Å². The van der Waals surface area contributed by atoms with Gasteiger partial charge in [-0.25, -0.2) is 0 Å². The molecule has 0 atom stereocenters. The van der Waals surface area contributed by atoms with Gasteiger partial charge in [-0.1, -0.05) is 80.4 Å². The van der Waals surface area contributed by atoms with Gasteiger partial charge >= 0.3 is 0 Å². The lowest BCUT2D eigenvalue weighted by Gasteiger charge is -2.13. The molecule has 0 unspecified atom stereocenters. The van der Waals surface area contributed by atoms with Gasteiger partial charge in [0.1, 0.15) is 0 Å². The van der Waals surface area contributed by atoms with Crippen LogP contribution in [0.2, 0.25) is 0 Å². The van der Waals surface area contributed by atoms with Crippen molar-refractivity contribution in [2.24, 2.45) is 0 Å². The van der Waals surface area contributed by atoms with E-state index in [9.17, 15) is 0 Å². The summed E-state index contributed by atoms with van der Waals surface area (Å²) >= 11 is 0. The summed E-state index contributed by atoms with van der Waals surface area (Å²) in [4.78, 5) is 0. The average Bonchev–Trinajstić information content (AvgIpc) is 2.47. The fraction of sp³-hybridized carbons (Fsp3) is 0.0526. The minimum atomic E-state index is 0.880. The lowest BCUT2D eigenvalue weighted by molar-refractivity contribution is 1.17. The third-order valence-electron chi connectivity index (χ3n) is 3.29.